The van der Waals surface area contributed by atoms with Crippen molar-refractivity contribution in [3.05, 3.63) is 35.6 Å². The zero-order valence-electron chi connectivity index (χ0n) is 12.6. The third-order valence-electron chi connectivity index (χ3n) is 3.34. The molecule has 0 radical (unpaired) electrons. The van der Waals surface area contributed by atoms with Gasteiger partial charge in [-0.1, -0.05) is 0 Å². The Morgan fingerprint density at radius 1 is 1.24 bits per heavy atom. The van der Waals surface area contributed by atoms with E-state index in [4.69, 9.17) is 4.74 Å². The van der Waals surface area contributed by atoms with Crippen molar-refractivity contribution >= 4 is 11.9 Å². The molecule has 1 aromatic rings. The van der Waals surface area contributed by atoms with E-state index in [1.807, 2.05) is 20.8 Å². The van der Waals surface area contributed by atoms with Gasteiger partial charge in [-0.3, -0.25) is 4.79 Å². The first kappa shape index (κ1) is 15.5. The van der Waals surface area contributed by atoms with Gasteiger partial charge in [0.05, 0.1) is 0 Å². The van der Waals surface area contributed by atoms with Gasteiger partial charge in [0.25, 0.3) is 0 Å². The van der Waals surface area contributed by atoms with Gasteiger partial charge in [-0.05, 0) is 51.5 Å². The fourth-order valence-electron chi connectivity index (χ4n) is 2.32. The summed E-state index contributed by atoms with van der Waals surface area (Å²) < 4.78 is 18.2. The largest absolute Gasteiger partial charge is 0.444 e. The number of carbonyl (C=O) groups excluding carboxylic acids is 2. The molecule has 21 heavy (non-hydrogen) atoms. The summed E-state index contributed by atoms with van der Waals surface area (Å²) >= 11 is 0. The monoisotopic (exact) mass is 293 g/mol. The quantitative estimate of drug-likeness (QED) is 0.786. The van der Waals surface area contributed by atoms with Crippen LogP contribution in [0, 0.1) is 11.7 Å². The number of hydrogen-bond donors (Lipinski definition) is 0. The number of carbonyl (C=O) groups is 2. The molecule has 1 atom stereocenters. The Morgan fingerprint density at radius 2 is 1.86 bits per heavy atom. The fraction of sp³-hybridized carbons (Fsp3) is 0.500. The SMILES string of the molecule is CC(C)(C)OC(=O)N1CC[C@H](C(=O)c2ccc(F)cc2)C1. The molecule has 0 aromatic heterocycles. The van der Waals surface area contributed by atoms with Gasteiger partial charge in [0, 0.05) is 24.6 Å². The van der Waals surface area contributed by atoms with Gasteiger partial charge in [0.2, 0.25) is 0 Å². The molecule has 114 valence electrons. The van der Waals surface area contributed by atoms with Crippen molar-refractivity contribution in [3.63, 3.8) is 0 Å². The summed E-state index contributed by atoms with van der Waals surface area (Å²) in [6, 6.07) is 5.50. The Kier molecular flexibility index (Phi) is 4.30. The minimum atomic E-state index is -0.546. The summed E-state index contributed by atoms with van der Waals surface area (Å²) in [6.07, 6.45) is 0.215. The lowest BCUT2D eigenvalue weighted by Crippen LogP contribution is -2.35. The first-order chi connectivity index (χ1) is 9.76. The van der Waals surface area contributed by atoms with Crippen molar-refractivity contribution in [2.45, 2.75) is 32.8 Å². The molecular formula is C16H20FNO3. The standard InChI is InChI=1S/C16H20FNO3/c1-16(2,3)21-15(20)18-9-8-12(10-18)14(19)11-4-6-13(17)7-5-11/h4-7,12H,8-10H2,1-3H3/t12-/m0/s1. The lowest BCUT2D eigenvalue weighted by Gasteiger charge is -2.24. The molecule has 1 fully saturated rings. The van der Waals surface area contributed by atoms with E-state index in [2.05, 4.69) is 0 Å². The summed E-state index contributed by atoms with van der Waals surface area (Å²) in [5, 5.41) is 0. The molecule has 0 N–H and O–H groups in total. The van der Waals surface area contributed by atoms with Gasteiger partial charge in [0.15, 0.2) is 5.78 Å². The van der Waals surface area contributed by atoms with Gasteiger partial charge in [-0.25, -0.2) is 9.18 Å². The van der Waals surface area contributed by atoms with Crippen molar-refractivity contribution in [3.8, 4) is 0 Å². The van der Waals surface area contributed by atoms with E-state index < -0.39 is 11.7 Å². The third kappa shape index (κ3) is 4.03. The van der Waals surface area contributed by atoms with Gasteiger partial charge < -0.3 is 9.64 Å². The number of likely N-dealkylation sites (tertiary alicyclic amines) is 1. The van der Waals surface area contributed by atoms with Crippen LogP contribution >= 0.6 is 0 Å². The summed E-state index contributed by atoms with van der Waals surface area (Å²) in [5.74, 6) is -0.669. The van der Waals surface area contributed by atoms with Crippen LogP contribution < -0.4 is 0 Å². The number of Topliss-reactive ketones (excluding diaryl/α,β-unsaturated/α-hetero) is 1. The van der Waals surface area contributed by atoms with E-state index in [0.29, 0.717) is 25.1 Å². The van der Waals surface area contributed by atoms with Crippen LogP contribution in [0.15, 0.2) is 24.3 Å². The van der Waals surface area contributed by atoms with Gasteiger partial charge >= 0.3 is 6.09 Å². The maximum atomic E-state index is 12.9. The van der Waals surface area contributed by atoms with Crippen molar-refractivity contribution in [1.29, 1.82) is 0 Å². The molecular weight excluding hydrogens is 273 g/mol. The van der Waals surface area contributed by atoms with E-state index in [9.17, 15) is 14.0 Å². The molecule has 1 aliphatic heterocycles. The molecule has 1 amide bonds. The Hall–Kier alpha value is -1.91. The number of ether oxygens (including phenoxy) is 1. The van der Waals surface area contributed by atoms with E-state index in [-0.39, 0.29) is 17.5 Å². The molecule has 1 heterocycles. The smallest absolute Gasteiger partial charge is 0.410 e. The molecule has 2 rings (SSSR count). The molecule has 0 aliphatic carbocycles. The minimum absolute atomic E-state index is 0.0546. The lowest BCUT2D eigenvalue weighted by molar-refractivity contribution is 0.0289. The summed E-state index contributed by atoms with van der Waals surface area (Å²) in [7, 11) is 0. The maximum absolute atomic E-state index is 12.9. The third-order valence-corrected chi connectivity index (χ3v) is 3.34. The molecule has 1 saturated heterocycles. The second-order valence-corrected chi connectivity index (χ2v) is 6.28. The highest BCUT2D eigenvalue weighted by molar-refractivity contribution is 5.98. The number of halogens is 1. The maximum Gasteiger partial charge on any atom is 0.410 e. The van der Waals surface area contributed by atoms with E-state index in [1.165, 1.54) is 24.3 Å². The van der Waals surface area contributed by atoms with Crippen molar-refractivity contribution in [2.75, 3.05) is 13.1 Å². The van der Waals surface area contributed by atoms with Crippen LogP contribution in [0.2, 0.25) is 0 Å². The van der Waals surface area contributed by atoms with Crippen LogP contribution in [0.1, 0.15) is 37.6 Å². The number of amides is 1. The number of ketones is 1. The van der Waals surface area contributed by atoms with Crippen LogP contribution in [0.3, 0.4) is 0 Å². The minimum Gasteiger partial charge on any atom is -0.444 e. The van der Waals surface area contributed by atoms with Gasteiger partial charge in [-0.15, -0.1) is 0 Å². The predicted molar refractivity (Wildman–Crippen MR) is 76.6 cm³/mol. The van der Waals surface area contributed by atoms with Crippen LogP contribution in [0.5, 0.6) is 0 Å². The average Bonchev–Trinajstić information content (AvgIpc) is 2.86. The van der Waals surface area contributed by atoms with Gasteiger partial charge in [-0.2, -0.15) is 0 Å². The molecule has 0 bridgehead atoms. The second kappa shape index (κ2) is 5.84. The number of nitrogens with zero attached hydrogens (tertiary/aromatic N) is 1. The van der Waals surface area contributed by atoms with E-state index >= 15 is 0 Å². The first-order valence-corrected chi connectivity index (χ1v) is 7.04. The van der Waals surface area contributed by atoms with Crippen LogP contribution in [-0.2, 0) is 4.74 Å². The summed E-state index contributed by atoms with van der Waals surface area (Å²) in [6.45, 7) is 6.28. The Bertz CT molecular complexity index is 533. The molecule has 0 unspecified atom stereocenters. The Morgan fingerprint density at radius 3 is 2.43 bits per heavy atom. The zero-order chi connectivity index (χ0) is 15.6. The fourth-order valence-corrected chi connectivity index (χ4v) is 2.32. The summed E-state index contributed by atoms with van der Waals surface area (Å²) in [5.41, 5.74) is -0.0664. The highest BCUT2D eigenvalue weighted by atomic mass is 19.1. The lowest BCUT2D eigenvalue weighted by atomic mass is 9.97. The highest BCUT2D eigenvalue weighted by Crippen LogP contribution is 2.23. The molecule has 1 aromatic carbocycles. The normalized spacial score (nSPS) is 18.7. The topological polar surface area (TPSA) is 46.6 Å². The zero-order valence-corrected chi connectivity index (χ0v) is 12.6. The molecule has 4 nitrogen and oxygen atoms in total. The van der Waals surface area contributed by atoms with Crippen molar-refractivity contribution in [2.24, 2.45) is 5.92 Å². The molecule has 0 spiro atoms. The van der Waals surface area contributed by atoms with Gasteiger partial charge in [0.1, 0.15) is 11.4 Å². The van der Waals surface area contributed by atoms with Crippen LogP contribution in [0.25, 0.3) is 0 Å². The molecule has 1 aliphatic rings. The van der Waals surface area contributed by atoms with Crippen LogP contribution in [0.4, 0.5) is 9.18 Å². The average molecular weight is 293 g/mol. The van der Waals surface area contributed by atoms with Crippen LogP contribution in [-0.4, -0.2) is 35.5 Å². The number of rotatable bonds is 2. The van der Waals surface area contributed by atoms with Crippen molar-refractivity contribution < 1.29 is 18.7 Å². The predicted octanol–water partition coefficient (Wildman–Crippen LogP) is 3.27. The summed E-state index contributed by atoms with van der Waals surface area (Å²) in [4.78, 5) is 25.8. The highest BCUT2D eigenvalue weighted by Gasteiger charge is 2.33. The number of hydrogen-bond acceptors (Lipinski definition) is 3. The Balaban J connectivity index is 1.97. The van der Waals surface area contributed by atoms with E-state index in [1.54, 1.807) is 4.90 Å². The molecule has 5 heteroatoms. The second-order valence-electron chi connectivity index (χ2n) is 6.28. The molecule has 0 saturated carbocycles. The first-order valence-electron chi connectivity index (χ1n) is 7.04. The van der Waals surface area contributed by atoms with Crippen molar-refractivity contribution in [1.82, 2.24) is 4.90 Å². The number of benzene rings is 1. The Labute approximate surface area is 123 Å². The van der Waals surface area contributed by atoms with E-state index in [0.717, 1.165) is 0 Å².